The summed E-state index contributed by atoms with van der Waals surface area (Å²) in [5.74, 6) is 1.01. The molecule has 2 rings (SSSR count). The summed E-state index contributed by atoms with van der Waals surface area (Å²) >= 11 is 1.44. The molecule has 1 heterocycles. The smallest absolute Gasteiger partial charge is 0.261 e. The number of nitrogen functional groups attached to an aromatic ring is 1. The molecule has 0 fully saturated rings. The highest BCUT2D eigenvalue weighted by Gasteiger charge is 2.10. The predicted molar refractivity (Wildman–Crippen MR) is 82.1 cm³/mol. The molecule has 4 nitrogen and oxygen atoms in total. The van der Waals surface area contributed by atoms with E-state index in [2.05, 4.69) is 5.32 Å². The number of nitrogens with one attached hydrogen (secondary N) is 1. The van der Waals surface area contributed by atoms with Crippen LogP contribution in [-0.4, -0.2) is 28.2 Å². The maximum atomic E-state index is 11.9. The third-order valence-electron chi connectivity index (χ3n) is 2.70. The summed E-state index contributed by atoms with van der Waals surface area (Å²) in [4.78, 5) is 12.6. The quantitative estimate of drug-likeness (QED) is 0.829. The van der Waals surface area contributed by atoms with Crippen molar-refractivity contribution in [2.45, 2.75) is 6.92 Å². The second-order valence-electron chi connectivity index (χ2n) is 4.10. The van der Waals surface area contributed by atoms with E-state index >= 15 is 0 Å². The molecule has 102 valence electrons. The molecular weight excluding hydrogens is 280 g/mol. The molecule has 2 aromatic rings. The van der Waals surface area contributed by atoms with Crippen LogP contribution >= 0.6 is 11.3 Å². The van der Waals surface area contributed by atoms with E-state index in [-0.39, 0.29) is 5.91 Å². The average Bonchev–Trinajstić information content (AvgIpc) is 2.81. The highest BCUT2D eigenvalue weighted by Crippen LogP contribution is 2.27. The van der Waals surface area contributed by atoms with Crippen LogP contribution in [0.1, 0.15) is 16.6 Å². The summed E-state index contributed by atoms with van der Waals surface area (Å²) in [6, 6.07) is 7.43. The van der Waals surface area contributed by atoms with Crippen molar-refractivity contribution in [3.8, 4) is 0 Å². The number of anilines is 1. The minimum Gasteiger partial charge on any atom is -0.399 e. The van der Waals surface area contributed by atoms with Crippen LogP contribution in [0.2, 0.25) is 0 Å². The Morgan fingerprint density at radius 3 is 2.95 bits per heavy atom. The first kappa shape index (κ1) is 14.0. The van der Waals surface area contributed by atoms with Crippen LogP contribution in [0.15, 0.2) is 24.3 Å². The van der Waals surface area contributed by atoms with E-state index in [4.69, 9.17) is 5.73 Å². The van der Waals surface area contributed by atoms with Gasteiger partial charge in [-0.2, -0.15) is 0 Å². The van der Waals surface area contributed by atoms with E-state index in [9.17, 15) is 9.00 Å². The van der Waals surface area contributed by atoms with Crippen LogP contribution in [0.3, 0.4) is 0 Å². The summed E-state index contributed by atoms with van der Waals surface area (Å²) in [5, 5.41) is 3.77. The van der Waals surface area contributed by atoms with Crippen molar-refractivity contribution >= 4 is 43.8 Å². The summed E-state index contributed by atoms with van der Waals surface area (Å²) < 4.78 is 12.3. The Labute approximate surface area is 118 Å². The summed E-state index contributed by atoms with van der Waals surface area (Å²) in [6.07, 6.45) is 0. The third-order valence-corrected chi connectivity index (χ3v) is 5.12. The molecule has 0 spiro atoms. The molecular formula is C13H16N2O2S2. The second kappa shape index (κ2) is 6.16. The molecule has 1 atom stereocenters. The normalized spacial score (nSPS) is 12.5. The number of rotatable bonds is 5. The molecule has 0 saturated carbocycles. The average molecular weight is 296 g/mol. The van der Waals surface area contributed by atoms with Gasteiger partial charge in [-0.25, -0.2) is 0 Å². The van der Waals surface area contributed by atoms with Gasteiger partial charge in [-0.15, -0.1) is 11.3 Å². The number of nitrogens with two attached hydrogens (primary N) is 1. The monoisotopic (exact) mass is 296 g/mol. The predicted octanol–water partition coefficient (Wildman–Crippen LogP) is 1.98. The van der Waals surface area contributed by atoms with Gasteiger partial charge in [0.15, 0.2) is 0 Å². The lowest BCUT2D eigenvalue weighted by Crippen LogP contribution is -2.27. The van der Waals surface area contributed by atoms with E-state index in [1.54, 1.807) is 0 Å². The molecule has 0 saturated heterocycles. The van der Waals surface area contributed by atoms with E-state index in [1.165, 1.54) is 11.3 Å². The van der Waals surface area contributed by atoms with Crippen molar-refractivity contribution in [2.75, 3.05) is 23.8 Å². The molecule has 1 aromatic carbocycles. The molecule has 0 aliphatic heterocycles. The molecule has 6 heteroatoms. The lowest BCUT2D eigenvalue weighted by atomic mass is 10.2. The molecule has 0 radical (unpaired) electrons. The molecule has 3 N–H and O–H groups in total. The molecule has 0 aliphatic carbocycles. The van der Waals surface area contributed by atoms with Gasteiger partial charge < -0.3 is 11.1 Å². The molecule has 1 unspecified atom stereocenters. The summed E-state index contributed by atoms with van der Waals surface area (Å²) in [5.41, 5.74) is 6.40. The van der Waals surface area contributed by atoms with E-state index in [0.717, 1.165) is 10.1 Å². The van der Waals surface area contributed by atoms with Crippen LogP contribution in [0.5, 0.6) is 0 Å². The SMILES string of the molecule is CCS(=O)CCNC(=O)c1cc2cc(N)ccc2s1. The lowest BCUT2D eigenvalue weighted by molar-refractivity contribution is 0.0960. The van der Waals surface area contributed by atoms with Crippen molar-refractivity contribution in [3.05, 3.63) is 29.1 Å². The summed E-state index contributed by atoms with van der Waals surface area (Å²) in [6.45, 7) is 2.31. The van der Waals surface area contributed by atoms with Crippen LogP contribution in [-0.2, 0) is 10.8 Å². The number of thiophene rings is 1. The first-order chi connectivity index (χ1) is 9.10. The lowest BCUT2D eigenvalue weighted by Gasteiger charge is -2.02. The van der Waals surface area contributed by atoms with Gasteiger partial charge in [0.25, 0.3) is 5.91 Å². The van der Waals surface area contributed by atoms with Crippen LogP contribution in [0.25, 0.3) is 10.1 Å². The van der Waals surface area contributed by atoms with Crippen molar-refractivity contribution in [2.24, 2.45) is 0 Å². The number of hydrogen-bond donors (Lipinski definition) is 2. The van der Waals surface area contributed by atoms with Crippen molar-refractivity contribution in [3.63, 3.8) is 0 Å². The van der Waals surface area contributed by atoms with Gasteiger partial charge >= 0.3 is 0 Å². The zero-order chi connectivity index (χ0) is 13.8. The van der Waals surface area contributed by atoms with Crippen LogP contribution in [0.4, 0.5) is 5.69 Å². The van der Waals surface area contributed by atoms with Gasteiger partial charge in [0, 0.05) is 39.2 Å². The molecule has 1 aromatic heterocycles. The number of carbonyl (C=O) groups excluding carboxylic acids is 1. The Hall–Kier alpha value is -1.40. The minimum atomic E-state index is -0.845. The molecule has 1 amide bonds. The Morgan fingerprint density at radius 1 is 1.42 bits per heavy atom. The van der Waals surface area contributed by atoms with Crippen molar-refractivity contribution in [1.29, 1.82) is 0 Å². The van der Waals surface area contributed by atoms with Crippen LogP contribution < -0.4 is 11.1 Å². The molecule has 0 bridgehead atoms. The minimum absolute atomic E-state index is 0.118. The van der Waals surface area contributed by atoms with Gasteiger partial charge in [0.1, 0.15) is 0 Å². The maximum Gasteiger partial charge on any atom is 0.261 e. The topological polar surface area (TPSA) is 72.2 Å². The largest absolute Gasteiger partial charge is 0.399 e. The number of fused-ring (bicyclic) bond motifs is 1. The third kappa shape index (κ3) is 3.54. The van der Waals surface area contributed by atoms with Gasteiger partial charge in [-0.3, -0.25) is 9.00 Å². The van der Waals surface area contributed by atoms with Gasteiger partial charge in [-0.05, 0) is 29.7 Å². The highest BCUT2D eigenvalue weighted by atomic mass is 32.2. The first-order valence-electron chi connectivity index (χ1n) is 6.02. The fourth-order valence-electron chi connectivity index (χ4n) is 1.68. The fraction of sp³-hybridized carbons (Fsp3) is 0.308. The summed E-state index contributed by atoms with van der Waals surface area (Å²) in [7, 11) is -0.845. The van der Waals surface area contributed by atoms with Gasteiger partial charge in [0.2, 0.25) is 0 Å². The fourth-order valence-corrected chi connectivity index (χ4v) is 3.26. The zero-order valence-corrected chi connectivity index (χ0v) is 12.3. The van der Waals surface area contributed by atoms with Gasteiger partial charge in [-0.1, -0.05) is 6.92 Å². The Balaban J connectivity index is 2.03. The number of amides is 1. The molecule has 19 heavy (non-hydrogen) atoms. The van der Waals surface area contributed by atoms with Crippen LogP contribution in [0, 0.1) is 0 Å². The molecule has 0 aliphatic rings. The Kier molecular flexibility index (Phi) is 4.55. The Bertz CT molecular complexity index is 622. The van der Waals surface area contributed by atoms with E-state index in [0.29, 0.717) is 28.6 Å². The van der Waals surface area contributed by atoms with Gasteiger partial charge in [0.05, 0.1) is 4.88 Å². The van der Waals surface area contributed by atoms with E-state index in [1.807, 2.05) is 31.2 Å². The highest BCUT2D eigenvalue weighted by molar-refractivity contribution is 7.84. The van der Waals surface area contributed by atoms with Crippen molar-refractivity contribution < 1.29 is 9.00 Å². The van der Waals surface area contributed by atoms with E-state index < -0.39 is 10.8 Å². The number of hydrogen-bond acceptors (Lipinski definition) is 4. The standard InChI is InChI=1S/C13H16N2O2S2/c1-2-19(17)6-5-15-13(16)12-8-9-7-10(14)3-4-11(9)18-12/h3-4,7-8H,2,5-6,14H2,1H3,(H,15,16). The maximum absolute atomic E-state index is 11.9. The number of benzene rings is 1. The van der Waals surface area contributed by atoms with Crippen molar-refractivity contribution in [1.82, 2.24) is 5.32 Å². The Morgan fingerprint density at radius 2 is 2.21 bits per heavy atom. The zero-order valence-electron chi connectivity index (χ0n) is 10.6. The second-order valence-corrected chi connectivity index (χ2v) is 7.05. The first-order valence-corrected chi connectivity index (χ1v) is 8.33. The number of carbonyl (C=O) groups is 1.